The van der Waals surface area contributed by atoms with Gasteiger partial charge in [-0.05, 0) is 35.1 Å². The van der Waals surface area contributed by atoms with Gasteiger partial charge in [0.2, 0.25) is 0 Å². The summed E-state index contributed by atoms with van der Waals surface area (Å²) in [5, 5.41) is 12.2. The number of rotatable bonds is 4. The molecule has 29 heavy (non-hydrogen) atoms. The zero-order valence-corrected chi connectivity index (χ0v) is 22.7. The van der Waals surface area contributed by atoms with E-state index in [0.29, 0.717) is 17.7 Å². The van der Waals surface area contributed by atoms with Gasteiger partial charge >= 0.3 is 37.9 Å². The third-order valence-electron chi connectivity index (χ3n) is 5.57. The number of nitrogens with zero attached hydrogens (tertiary/aromatic N) is 1. The van der Waals surface area contributed by atoms with Crippen molar-refractivity contribution in [2.24, 2.45) is 10.9 Å². The predicted octanol–water partition coefficient (Wildman–Crippen LogP) is 6.98. The van der Waals surface area contributed by atoms with Crippen LogP contribution in [-0.2, 0) is 20.8 Å². The van der Waals surface area contributed by atoms with E-state index in [1.54, 1.807) is 0 Å². The van der Waals surface area contributed by atoms with Crippen LogP contribution in [0.15, 0.2) is 47.5 Å². The zero-order valence-electron chi connectivity index (χ0n) is 17.8. The summed E-state index contributed by atoms with van der Waals surface area (Å²) < 4.78 is 0. The Labute approximate surface area is 195 Å². The molecule has 0 aromatic heterocycles. The van der Waals surface area contributed by atoms with Crippen molar-refractivity contribution in [2.75, 3.05) is 0 Å². The standard InChI is InChI=1S/C23H31NOSi.2ClH.Zr/c1-17-10-8-9-13-21(17)24-16-20-19(18-11-6-5-7-12-18)14-15-22(23(20)25)26(2,3)4;;;/h5-7,11-12,14-17,21,25H,8-10,13H2,1-4H3;2*1H;/q;;;+2/p-2. The van der Waals surface area contributed by atoms with Crippen molar-refractivity contribution in [3.63, 3.8) is 0 Å². The fraction of sp³-hybridized carbons (Fsp3) is 0.435. The van der Waals surface area contributed by atoms with E-state index in [2.05, 4.69) is 50.8 Å². The topological polar surface area (TPSA) is 32.6 Å². The Bertz CT molecular complexity index is 809. The molecule has 1 fully saturated rings. The molecule has 2 aromatic carbocycles. The van der Waals surface area contributed by atoms with Crippen molar-refractivity contribution in [1.29, 1.82) is 0 Å². The average molecular weight is 528 g/mol. The molecule has 1 N–H and O–H groups in total. The summed E-state index contributed by atoms with van der Waals surface area (Å²) in [6, 6.07) is 15.0. The number of benzene rings is 2. The number of aliphatic imine (C=N–C) groups is 1. The number of phenols is 1. The zero-order chi connectivity index (χ0) is 21.4. The SMILES string of the molecule is CC1CCCCC1N=Cc1c(-c2ccccc2)ccc([Si](C)(C)C)c1O.[Cl][Zr][Cl]. The number of hydrogen-bond acceptors (Lipinski definition) is 2. The van der Waals surface area contributed by atoms with Gasteiger partial charge in [0.25, 0.3) is 0 Å². The van der Waals surface area contributed by atoms with E-state index in [4.69, 9.17) is 22.0 Å². The van der Waals surface area contributed by atoms with Crippen LogP contribution < -0.4 is 5.19 Å². The normalized spacial score (nSPS) is 19.5. The molecular formula is C23H31Cl2NOSiZr. The Kier molecular flexibility index (Phi) is 10.1. The van der Waals surface area contributed by atoms with E-state index >= 15 is 0 Å². The van der Waals surface area contributed by atoms with Gasteiger partial charge in [-0.1, -0.05) is 81.9 Å². The average Bonchev–Trinajstić information content (AvgIpc) is 2.68. The Balaban J connectivity index is 0.000000941. The van der Waals surface area contributed by atoms with Gasteiger partial charge in [0, 0.05) is 11.8 Å². The van der Waals surface area contributed by atoms with Gasteiger partial charge < -0.3 is 5.11 Å². The first-order valence-electron chi connectivity index (χ1n) is 10.2. The van der Waals surface area contributed by atoms with Gasteiger partial charge in [-0.2, -0.15) is 0 Å². The van der Waals surface area contributed by atoms with E-state index in [-0.39, 0.29) is 0 Å². The molecule has 0 bridgehead atoms. The Morgan fingerprint density at radius 3 is 2.24 bits per heavy atom. The molecule has 1 aliphatic rings. The summed E-state index contributed by atoms with van der Waals surface area (Å²) in [6.45, 7) is 9.12. The Morgan fingerprint density at radius 1 is 1.03 bits per heavy atom. The molecule has 0 heterocycles. The van der Waals surface area contributed by atoms with E-state index in [0.717, 1.165) is 28.3 Å². The van der Waals surface area contributed by atoms with E-state index in [1.165, 1.54) is 19.3 Å². The maximum atomic E-state index is 11.1. The van der Waals surface area contributed by atoms with Gasteiger partial charge in [-0.15, -0.1) is 0 Å². The molecule has 0 aliphatic heterocycles. The van der Waals surface area contributed by atoms with Crippen LogP contribution in [0, 0.1) is 5.92 Å². The molecule has 0 radical (unpaired) electrons. The first-order chi connectivity index (χ1) is 13.8. The second-order valence-electron chi connectivity index (χ2n) is 8.72. The molecule has 0 saturated heterocycles. The molecule has 2 nitrogen and oxygen atoms in total. The summed E-state index contributed by atoms with van der Waals surface area (Å²) in [7, 11) is 8.24. The molecule has 2 aromatic rings. The number of hydrogen-bond donors (Lipinski definition) is 1. The third-order valence-corrected chi connectivity index (χ3v) is 7.59. The quantitative estimate of drug-likeness (QED) is 0.338. The number of halogens is 2. The molecule has 3 rings (SSSR count). The summed E-state index contributed by atoms with van der Waals surface area (Å²) in [6.07, 6.45) is 6.95. The van der Waals surface area contributed by atoms with Crippen molar-refractivity contribution in [3.05, 3.63) is 48.0 Å². The van der Waals surface area contributed by atoms with Crippen molar-refractivity contribution in [2.45, 2.75) is 58.3 Å². The fourth-order valence-corrected chi connectivity index (χ4v) is 5.33. The molecule has 156 valence electrons. The van der Waals surface area contributed by atoms with Crippen LogP contribution in [0.2, 0.25) is 19.6 Å². The Hall–Kier alpha value is -0.410. The van der Waals surface area contributed by atoms with Gasteiger partial charge in [0.05, 0.1) is 14.1 Å². The van der Waals surface area contributed by atoms with E-state index in [9.17, 15) is 5.11 Å². The van der Waals surface area contributed by atoms with Crippen LogP contribution in [0.4, 0.5) is 0 Å². The van der Waals surface area contributed by atoms with Crippen LogP contribution in [-0.4, -0.2) is 25.4 Å². The number of aromatic hydroxyl groups is 1. The third kappa shape index (κ3) is 7.06. The van der Waals surface area contributed by atoms with Gasteiger partial charge in [0.15, 0.2) is 0 Å². The molecule has 2 unspecified atom stereocenters. The predicted molar refractivity (Wildman–Crippen MR) is 127 cm³/mol. The molecule has 0 spiro atoms. The molecule has 2 atom stereocenters. The van der Waals surface area contributed by atoms with Crippen molar-refractivity contribution in [1.82, 2.24) is 0 Å². The minimum absolute atomic E-state index is 0.377. The van der Waals surface area contributed by atoms with Crippen LogP contribution >= 0.6 is 17.0 Å². The van der Waals surface area contributed by atoms with Crippen LogP contribution in [0.5, 0.6) is 5.75 Å². The molecular weight excluding hydrogens is 496 g/mol. The minimum atomic E-state index is -1.63. The van der Waals surface area contributed by atoms with Crippen LogP contribution in [0.3, 0.4) is 0 Å². The molecule has 1 saturated carbocycles. The Morgan fingerprint density at radius 2 is 1.66 bits per heavy atom. The van der Waals surface area contributed by atoms with Crippen molar-refractivity contribution in [3.8, 4) is 16.9 Å². The van der Waals surface area contributed by atoms with E-state index < -0.39 is 28.9 Å². The van der Waals surface area contributed by atoms with E-state index in [1.807, 2.05) is 24.4 Å². The number of phenolic OH excluding ortho intramolecular Hbond substituents is 1. The first kappa shape index (κ1) is 24.9. The molecule has 6 heteroatoms. The summed E-state index contributed by atoms with van der Waals surface area (Å²) in [5.41, 5.74) is 3.08. The maximum absolute atomic E-state index is 11.1. The summed E-state index contributed by atoms with van der Waals surface area (Å²) in [4.78, 5) is 4.94. The molecule has 1 aliphatic carbocycles. The van der Waals surface area contributed by atoms with Crippen LogP contribution in [0.1, 0.15) is 38.2 Å². The van der Waals surface area contributed by atoms with Crippen LogP contribution in [0.25, 0.3) is 11.1 Å². The van der Waals surface area contributed by atoms with Gasteiger partial charge in [0.1, 0.15) is 5.75 Å². The van der Waals surface area contributed by atoms with Gasteiger partial charge in [-0.3, -0.25) is 4.99 Å². The van der Waals surface area contributed by atoms with Crippen molar-refractivity contribution < 1.29 is 26.0 Å². The first-order valence-corrected chi connectivity index (χ1v) is 20.0. The summed E-state index contributed by atoms with van der Waals surface area (Å²) in [5.74, 6) is 1.06. The van der Waals surface area contributed by atoms with Crippen molar-refractivity contribution >= 4 is 36.5 Å². The fourth-order valence-electron chi connectivity index (χ4n) is 3.90. The summed E-state index contributed by atoms with van der Waals surface area (Å²) >= 11 is -0.826. The second kappa shape index (κ2) is 11.8. The second-order valence-corrected chi connectivity index (χ2v) is 17.5. The molecule has 0 amide bonds. The van der Waals surface area contributed by atoms with Gasteiger partial charge in [-0.25, -0.2) is 0 Å². The monoisotopic (exact) mass is 525 g/mol.